The van der Waals surface area contributed by atoms with Crippen molar-refractivity contribution in [2.24, 2.45) is 0 Å². The van der Waals surface area contributed by atoms with E-state index in [-0.39, 0.29) is 12.1 Å². The summed E-state index contributed by atoms with van der Waals surface area (Å²) in [5.41, 5.74) is 2.03. The minimum Gasteiger partial charge on any atom is -0.461 e. The second-order valence-electron chi connectivity index (χ2n) is 4.79. The van der Waals surface area contributed by atoms with Gasteiger partial charge in [0, 0.05) is 11.5 Å². The Morgan fingerprint density at radius 1 is 1.14 bits per heavy atom. The standard InChI is InChI=1S/C14H18BrN5O/c1-8(2)21-14-19-12(16-4)18-13(20-14)17-11-7-9(3)5-6-10(11)15/h5-8H,1-4H3,(H2,16,17,18,19,20). The van der Waals surface area contributed by atoms with Crippen LogP contribution in [-0.4, -0.2) is 28.1 Å². The molecule has 0 saturated heterocycles. The van der Waals surface area contributed by atoms with Gasteiger partial charge in [0.25, 0.3) is 0 Å². The van der Waals surface area contributed by atoms with Crippen LogP contribution in [0.2, 0.25) is 0 Å². The molecular weight excluding hydrogens is 334 g/mol. The maximum Gasteiger partial charge on any atom is 0.323 e. The lowest BCUT2D eigenvalue weighted by Crippen LogP contribution is -2.12. The lowest BCUT2D eigenvalue weighted by atomic mass is 10.2. The van der Waals surface area contributed by atoms with Crippen molar-refractivity contribution in [3.63, 3.8) is 0 Å². The zero-order valence-electron chi connectivity index (χ0n) is 12.4. The molecule has 112 valence electrons. The number of nitrogens with one attached hydrogen (secondary N) is 2. The summed E-state index contributed by atoms with van der Waals surface area (Å²) >= 11 is 3.50. The fraction of sp³-hybridized carbons (Fsp3) is 0.357. The van der Waals surface area contributed by atoms with Gasteiger partial charge in [0.1, 0.15) is 0 Å². The first-order chi connectivity index (χ1) is 9.97. The van der Waals surface area contributed by atoms with E-state index < -0.39 is 0 Å². The third-order valence-corrected chi connectivity index (χ3v) is 3.24. The minimum atomic E-state index is -0.00402. The van der Waals surface area contributed by atoms with Gasteiger partial charge in [-0.1, -0.05) is 6.07 Å². The second kappa shape index (κ2) is 6.71. The average Bonchev–Trinajstić information content (AvgIpc) is 2.42. The van der Waals surface area contributed by atoms with Crippen LogP contribution in [0.15, 0.2) is 22.7 Å². The first-order valence-electron chi connectivity index (χ1n) is 6.61. The Morgan fingerprint density at radius 2 is 1.86 bits per heavy atom. The van der Waals surface area contributed by atoms with Crippen LogP contribution in [0.5, 0.6) is 6.01 Å². The van der Waals surface area contributed by atoms with E-state index in [1.54, 1.807) is 7.05 Å². The van der Waals surface area contributed by atoms with Crippen molar-refractivity contribution in [1.29, 1.82) is 0 Å². The van der Waals surface area contributed by atoms with Gasteiger partial charge in [0.2, 0.25) is 11.9 Å². The van der Waals surface area contributed by atoms with Crippen molar-refractivity contribution in [2.45, 2.75) is 26.9 Å². The second-order valence-corrected chi connectivity index (χ2v) is 5.64. The first kappa shape index (κ1) is 15.5. The molecule has 1 aromatic heterocycles. The molecule has 1 aromatic carbocycles. The Hall–Kier alpha value is -1.89. The molecule has 21 heavy (non-hydrogen) atoms. The maximum absolute atomic E-state index is 5.54. The number of benzene rings is 1. The summed E-state index contributed by atoms with van der Waals surface area (Å²) in [6, 6.07) is 6.30. The highest BCUT2D eigenvalue weighted by molar-refractivity contribution is 9.10. The number of ether oxygens (including phenoxy) is 1. The molecule has 0 aliphatic rings. The summed E-state index contributed by atoms with van der Waals surface area (Å²) in [6.07, 6.45) is -0.00402. The molecule has 0 atom stereocenters. The van der Waals surface area contributed by atoms with Crippen LogP contribution in [0.25, 0.3) is 0 Å². The quantitative estimate of drug-likeness (QED) is 0.858. The normalized spacial score (nSPS) is 10.6. The van der Waals surface area contributed by atoms with Gasteiger partial charge in [0.15, 0.2) is 0 Å². The number of hydrogen-bond donors (Lipinski definition) is 2. The van der Waals surface area contributed by atoms with Crippen molar-refractivity contribution < 1.29 is 4.74 Å². The van der Waals surface area contributed by atoms with Crippen LogP contribution in [-0.2, 0) is 0 Å². The van der Waals surface area contributed by atoms with E-state index in [1.807, 2.05) is 39.0 Å². The molecule has 2 aromatic rings. The summed E-state index contributed by atoms with van der Waals surface area (Å²) in [6.45, 7) is 5.87. The zero-order valence-corrected chi connectivity index (χ0v) is 14.0. The summed E-state index contributed by atoms with van der Waals surface area (Å²) in [5, 5.41) is 6.07. The number of halogens is 1. The molecule has 2 N–H and O–H groups in total. The van der Waals surface area contributed by atoms with Gasteiger partial charge in [-0.05, 0) is 54.4 Å². The van der Waals surface area contributed by atoms with Crippen LogP contribution >= 0.6 is 15.9 Å². The summed E-state index contributed by atoms with van der Waals surface area (Å²) < 4.78 is 6.47. The number of aryl methyl sites for hydroxylation is 1. The fourth-order valence-corrected chi connectivity index (χ4v) is 1.99. The molecule has 0 fully saturated rings. The van der Waals surface area contributed by atoms with Crippen molar-refractivity contribution in [1.82, 2.24) is 15.0 Å². The Kier molecular flexibility index (Phi) is 4.95. The largest absolute Gasteiger partial charge is 0.461 e. The highest BCUT2D eigenvalue weighted by Gasteiger charge is 2.10. The summed E-state index contributed by atoms with van der Waals surface area (Å²) in [4.78, 5) is 12.7. The molecule has 0 aliphatic carbocycles. The van der Waals surface area contributed by atoms with Crippen molar-refractivity contribution >= 4 is 33.5 Å². The van der Waals surface area contributed by atoms with Crippen LogP contribution < -0.4 is 15.4 Å². The molecule has 0 bridgehead atoms. The Morgan fingerprint density at radius 3 is 2.52 bits per heavy atom. The van der Waals surface area contributed by atoms with Gasteiger partial charge in [-0.15, -0.1) is 0 Å². The van der Waals surface area contributed by atoms with Gasteiger partial charge >= 0.3 is 6.01 Å². The smallest absolute Gasteiger partial charge is 0.323 e. The molecule has 6 nitrogen and oxygen atoms in total. The average molecular weight is 352 g/mol. The molecular formula is C14H18BrN5O. The van der Waals surface area contributed by atoms with E-state index in [4.69, 9.17) is 4.74 Å². The lowest BCUT2D eigenvalue weighted by molar-refractivity contribution is 0.222. The molecule has 0 saturated carbocycles. The van der Waals surface area contributed by atoms with Crippen LogP contribution in [0.3, 0.4) is 0 Å². The van der Waals surface area contributed by atoms with Crippen LogP contribution in [0, 0.1) is 6.92 Å². The molecule has 0 radical (unpaired) electrons. The van der Waals surface area contributed by atoms with Crippen LogP contribution in [0.1, 0.15) is 19.4 Å². The molecule has 0 spiro atoms. The maximum atomic E-state index is 5.54. The molecule has 0 amide bonds. The SMILES string of the molecule is CNc1nc(Nc2cc(C)ccc2Br)nc(OC(C)C)n1. The monoisotopic (exact) mass is 351 g/mol. The van der Waals surface area contributed by atoms with Gasteiger partial charge in [-0.3, -0.25) is 0 Å². The van der Waals surface area contributed by atoms with Gasteiger partial charge < -0.3 is 15.4 Å². The van der Waals surface area contributed by atoms with E-state index >= 15 is 0 Å². The third-order valence-electron chi connectivity index (χ3n) is 2.55. The minimum absolute atomic E-state index is 0.00402. The number of nitrogens with zero attached hydrogens (tertiary/aromatic N) is 3. The van der Waals surface area contributed by atoms with E-state index in [9.17, 15) is 0 Å². The van der Waals surface area contributed by atoms with Crippen LogP contribution in [0.4, 0.5) is 17.6 Å². The molecule has 1 heterocycles. The number of aromatic nitrogens is 3. The lowest BCUT2D eigenvalue weighted by Gasteiger charge is -2.12. The molecule has 0 aliphatic heterocycles. The third kappa shape index (κ3) is 4.29. The highest BCUT2D eigenvalue weighted by Crippen LogP contribution is 2.26. The topological polar surface area (TPSA) is 72.0 Å². The first-order valence-corrected chi connectivity index (χ1v) is 7.41. The van der Waals surface area contributed by atoms with Crippen molar-refractivity contribution in [3.8, 4) is 6.01 Å². The summed E-state index contributed by atoms with van der Waals surface area (Å²) in [5.74, 6) is 0.878. The van der Waals surface area contributed by atoms with Gasteiger partial charge in [0.05, 0.1) is 11.8 Å². The molecule has 2 rings (SSSR count). The van der Waals surface area contributed by atoms with E-state index in [0.29, 0.717) is 11.9 Å². The van der Waals surface area contributed by atoms with Gasteiger partial charge in [-0.2, -0.15) is 15.0 Å². The predicted octanol–water partition coefficient (Wildman–Crippen LogP) is 3.52. The zero-order chi connectivity index (χ0) is 15.4. The Labute approximate surface area is 132 Å². The van der Waals surface area contributed by atoms with E-state index in [2.05, 4.69) is 41.5 Å². The predicted molar refractivity (Wildman–Crippen MR) is 87.3 cm³/mol. The fourth-order valence-electron chi connectivity index (χ4n) is 1.64. The summed E-state index contributed by atoms with van der Waals surface area (Å²) in [7, 11) is 1.75. The number of hydrogen-bond acceptors (Lipinski definition) is 6. The number of rotatable bonds is 5. The Bertz CT molecular complexity index is 633. The highest BCUT2D eigenvalue weighted by atomic mass is 79.9. The molecule has 0 unspecified atom stereocenters. The van der Waals surface area contributed by atoms with E-state index in [0.717, 1.165) is 15.7 Å². The van der Waals surface area contributed by atoms with E-state index in [1.165, 1.54) is 0 Å². The van der Waals surface area contributed by atoms with Crippen molar-refractivity contribution in [2.75, 3.05) is 17.7 Å². The van der Waals surface area contributed by atoms with Gasteiger partial charge in [-0.25, -0.2) is 0 Å². The van der Waals surface area contributed by atoms with Crippen molar-refractivity contribution in [3.05, 3.63) is 28.2 Å². The number of anilines is 3. The molecule has 7 heteroatoms. The Balaban J connectivity index is 2.32.